The molecule has 2 N–H and O–H groups in total. The molecule has 0 radical (unpaired) electrons. The summed E-state index contributed by atoms with van der Waals surface area (Å²) in [5, 5.41) is 0. The number of unbranched alkanes of at least 4 members (excludes halogenated alkanes) is 4. The van der Waals surface area contributed by atoms with E-state index in [-0.39, 0.29) is 5.75 Å². The third kappa shape index (κ3) is 27.0. The number of ether oxygens (including phenoxy) is 2. The maximum Gasteiger partial charge on any atom is 0.573 e. The largest absolute Gasteiger partial charge is 0.573 e. The van der Waals surface area contributed by atoms with Gasteiger partial charge >= 0.3 is 6.36 Å². The normalized spacial score (nSPS) is 11.7. The lowest BCUT2D eigenvalue weighted by atomic mass is 10.2. The summed E-state index contributed by atoms with van der Waals surface area (Å²) in [6.07, 6.45) is 9.90. The van der Waals surface area contributed by atoms with Crippen LogP contribution in [-0.4, -0.2) is 50.3 Å². The van der Waals surface area contributed by atoms with E-state index in [1.807, 2.05) is 0 Å². The van der Waals surface area contributed by atoms with Crippen LogP contribution in [-0.2, 0) is 4.74 Å². The zero-order valence-corrected chi connectivity index (χ0v) is 24.8. The van der Waals surface area contributed by atoms with E-state index in [2.05, 4.69) is 49.2 Å². The summed E-state index contributed by atoms with van der Waals surface area (Å²) in [6.45, 7) is 18.7. The zero-order valence-electron chi connectivity index (χ0n) is 24.8. The first-order valence-corrected chi connectivity index (χ1v) is 14.3. The molecule has 222 valence electrons. The van der Waals surface area contributed by atoms with Gasteiger partial charge in [-0.05, 0) is 94.7 Å². The molecule has 0 atom stereocenters. The van der Waals surface area contributed by atoms with Crippen molar-refractivity contribution in [3.63, 3.8) is 0 Å². The Morgan fingerprint density at radius 3 is 1.87 bits per heavy atom. The van der Waals surface area contributed by atoms with Crippen molar-refractivity contribution in [1.82, 2.24) is 4.90 Å². The maximum atomic E-state index is 11.9. The highest BCUT2D eigenvalue weighted by molar-refractivity contribution is 5.80. The number of hydrogen-bond acceptors (Lipinski definition) is 5. The number of hydrogen-bond donors (Lipinski definition) is 1. The summed E-state index contributed by atoms with van der Waals surface area (Å²) in [5.41, 5.74) is 6.50. The Hall–Kier alpha value is -2.06. The smallest absolute Gasteiger partial charge is 0.406 e. The van der Waals surface area contributed by atoms with Crippen molar-refractivity contribution < 1.29 is 22.6 Å². The van der Waals surface area contributed by atoms with Crippen LogP contribution in [0.5, 0.6) is 5.75 Å². The highest BCUT2D eigenvalue weighted by atomic mass is 19.4. The Morgan fingerprint density at radius 2 is 1.39 bits per heavy atom. The minimum atomic E-state index is -4.68. The summed E-state index contributed by atoms with van der Waals surface area (Å²) in [5.74, 6) is -0.275. The van der Waals surface area contributed by atoms with E-state index in [0.717, 1.165) is 25.2 Å². The van der Waals surface area contributed by atoms with Crippen LogP contribution in [0.2, 0.25) is 0 Å². The molecule has 0 aromatic heterocycles. The van der Waals surface area contributed by atoms with E-state index in [9.17, 15) is 13.2 Å². The summed E-state index contributed by atoms with van der Waals surface area (Å²) >= 11 is 0. The van der Waals surface area contributed by atoms with E-state index in [1.165, 1.54) is 108 Å². The molecule has 0 saturated heterocycles. The molecule has 0 aliphatic carbocycles. The van der Waals surface area contributed by atoms with E-state index in [1.54, 1.807) is 6.92 Å². The first-order valence-electron chi connectivity index (χ1n) is 14.3. The summed E-state index contributed by atoms with van der Waals surface area (Å²) in [4.78, 5) is 6.60. The molecule has 0 bridgehead atoms. The second-order valence-corrected chi connectivity index (χ2v) is 9.08. The van der Waals surface area contributed by atoms with Crippen LogP contribution in [0.25, 0.3) is 0 Å². The topological polar surface area (TPSA) is 60.1 Å². The Bertz CT molecular complexity index is 681. The van der Waals surface area contributed by atoms with Crippen LogP contribution >= 0.6 is 0 Å². The number of aliphatic imine (C=N–C) groups is 1. The highest BCUT2D eigenvalue weighted by Crippen LogP contribution is 2.24. The van der Waals surface area contributed by atoms with Gasteiger partial charge in [-0.2, -0.15) is 0 Å². The Balaban J connectivity index is 0. The standard InChI is InChI=1S/C11H11F3N2O.C11H25N.C8H18O/c1-8(6-15)7-16-9-2-4-10(5-3-9)17-11(12,13)14;1-4-7-8-11-12(9-5-2)10-6-3;1-3-5-6-8-9-7-4-2/h2-7H,15H2,1H3;4-11H2,1-3H3;3-8H2,1-2H3/b8-6-,16-7?;;. The molecular formula is C30H54F3N3O2. The molecule has 0 heterocycles. The van der Waals surface area contributed by atoms with Gasteiger partial charge in [-0.15, -0.1) is 13.2 Å². The second-order valence-electron chi connectivity index (χ2n) is 9.08. The van der Waals surface area contributed by atoms with Crippen LogP contribution in [0.15, 0.2) is 41.0 Å². The molecule has 0 aliphatic heterocycles. The van der Waals surface area contributed by atoms with E-state index < -0.39 is 6.36 Å². The lowest BCUT2D eigenvalue weighted by Crippen LogP contribution is -2.26. The molecule has 0 saturated carbocycles. The average Bonchev–Trinajstić information content (AvgIpc) is 2.88. The molecule has 8 heteroatoms. The Labute approximate surface area is 230 Å². The van der Waals surface area contributed by atoms with Gasteiger partial charge < -0.3 is 20.1 Å². The van der Waals surface area contributed by atoms with Crippen molar-refractivity contribution >= 4 is 11.9 Å². The molecule has 1 aromatic carbocycles. The quantitative estimate of drug-likeness (QED) is 0.157. The number of nitrogens with zero attached hydrogens (tertiary/aromatic N) is 2. The van der Waals surface area contributed by atoms with Gasteiger partial charge in [0.25, 0.3) is 0 Å². The van der Waals surface area contributed by atoms with Gasteiger partial charge in [0.2, 0.25) is 0 Å². The molecule has 1 aromatic rings. The SMILES string of the molecule is C/C(C=Nc1ccc(OC(F)(F)F)cc1)=C/N.CCCCCN(CCC)CCC.CCCCCOCCC. The molecule has 0 aliphatic rings. The lowest BCUT2D eigenvalue weighted by molar-refractivity contribution is -0.274. The number of benzene rings is 1. The van der Waals surface area contributed by atoms with E-state index in [4.69, 9.17) is 10.5 Å². The third-order valence-corrected chi connectivity index (χ3v) is 5.15. The fourth-order valence-electron chi connectivity index (χ4n) is 3.21. The van der Waals surface area contributed by atoms with Crippen molar-refractivity contribution in [2.45, 2.75) is 106 Å². The van der Waals surface area contributed by atoms with Crippen molar-refractivity contribution in [3.05, 3.63) is 36.0 Å². The first kappa shape index (κ1) is 38.1. The highest BCUT2D eigenvalue weighted by Gasteiger charge is 2.30. The van der Waals surface area contributed by atoms with Gasteiger partial charge in [0.05, 0.1) is 5.69 Å². The third-order valence-electron chi connectivity index (χ3n) is 5.15. The number of halogens is 3. The number of nitrogens with two attached hydrogens (primary N) is 1. The average molecular weight is 546 g/mol. The second kappa shape index (κ2) is 26.5. The lowest BCUT2D eigenvalue weighted by Gasteiger charge is -2.20. The summed E-state index contributed by atoms with van der Waals surface area (Å²) in [6, 6.07) is 5.23. The van der Waals surface area contributed by atoms with Gasteiger partial charge in [-0.1, -0.05) is 60.3 Å². The summed E-state index contributed by atoms with van der Waals surface area (Å²) < 4.78 is 44.6. The maximum absolute atomic E-state index is 11.9. The predicted molar refractivity (Wildman–Crippen MR) is 156 cm³/mol. The Kier molecular flexibility index (Phi) is 26.6. The molecular weight excluding hydrogens is 491 g/mol. The molecule has 0 spiro atoms. The molecule has 1 rings (SSSR count). The van der Waals surface area contributed by atoms with Crippen LogP contribution < -0.4 is 10.5 Å². The van der Waals surface area contributed by atoms with Crippen LogP contribution in [0, 0.1) is 0 Å². The van der Waals surface area contributed by atoms with Crippen LogP contribution in [0.1, 0.15) is 99.3 Å². The van der Waals surface area contributed by atoms with Gasteiger partial charge in [0.15, 0.2) is 0 Å². The monoisotopic (exact) mass is 545 g/mol. The number of rotatable bonds is 17. The molecule has 0 amide bonds. The van der Waals surface area contributed by atoms with Crippen molar-refractivity contribution in [2.24, 2.45) is 10.7 Å². The van der Waals surface area contributed by atoms with Crippen molar-refractivity contribution in [1.29, 1.82) is 0 Å². The zero-order chi connectivity index (χ0) is 29.1. The minimum Gasteiger partial charge on any atom is -0.406 e. The Morgan fingerprint density at radius 1 is 0.816 bits per heavy atom. The van der Waals surface area contributed by atoms with Gasteiger partial charge in [0, 0.05) is 19.4 Å². The minimum absolute atomic E-state index is 0.275. The van der Waals surface area contributed by atoms with Crippen LogP contribution in [0.3, 0.4) is 0 Å². The molecule has 38 heavy (non-hydrogen) atoms. The molecule has 5 nitrogen and oxygen atoms in total. The summed E-state index contributed by atoms with van der Waals surface area (Å²) in [7, 11) is 0. The fourth-order valence-corrected chi connectivity index (χ4v) is 3.21. The molecule has 0 fully saturated rings. The number of allylic oxidation sites excluding steroid dienone is 1. The van der Waals surface area contributed by atoms with E-state index in [0.29, 0.717) is 5.69 Å². The molecule has 0 unspecified atom stereocenters. The van der Waals surface area contributed by atoms with Gasteiger partial charge in [-0.25, -0.2) is 0 Å². The number of alkyl halides is 3. The van der Waals surface area contributed by atoms with Gasteiger partial charge in [-0.3, -0.25) is 4.99 Å². The van der Waals surface area contributed by atoms with Crippen molar-refractivity contribution in [2.75, 3.05) is 32.8 Å². The van der Waals surface area contributed by atoms with Crippen LogP contribution in [0.4, 0.5) is 18.9 Å². The van der Waals surface area contributed by atoms with Gasteiger partial charge in [0.1, 0.15) is 5.75 Å². The van der Waals surface area contributed by atoms with E-state index >= 15 is 0 Å². The predicted octanol–water partition coefficient (Wildman–Crippen LogP) is 9.05. The fraction of sp³-hybridized carbons (Fsp3) is 0.700. The van der Waals surface area contributed by atoms with Crippen molar-refractivity contribution in [3.8, 4) is 5.75 Å². The first-order chi connectivity index (χ1) is 18.2.